The normalized spacial score (nSPS) is 11.3. The molecule has 5 nitrogen and oxygen atoms in total. The van der Waals surface area contributed by atoms with E-state index >= 15 is 0 Å². The molecule has 1 amide bonds. The van der Waals surface area contributed by atoms with Crippen LogP contribution in [0.25, 0.3) is 10.2 Å². The van der Waals surface area contributed by atoms with E-state index in [0.29, 0.717) is 23.3 Å². The van der Waals surface area contributed by atoms with E-state index in [9.17, 15) is 4.79 Å². The number of carbonyl (C=O) groups is 1. The molecule has 2 heterocycles. The van der Waals surface area contributed by atoms with E-state index in [1.165, 1.54) is 16.9 Å². The minimum Gasteiger partial charge on any atom is -0.296 e. The van der Waals surface area contributed by atoms with Crippen LogP contribution in [-0.2, 0) is 6.54 Å². The number of carbonyl (C=O) groups excluding carboxylic acids is 1. The van der Waals surface area contributed by atoms with Crippen molar-refractivity contribution in [1.82, 2.24) is 14.8 Å². The van der Waals surface area contributed by atoms with Gasteiger partial charge in [0.2, 0.25) is 0 Å². The number of hydrogen-bond donors (Lipinski definition) is 1. The monoisotopic (exact) mass is 314 g/mol. The Morgan fingerprint density at radius 3 is 2.91 bits per heavy atom. The lowest BCUT2D eigenvalue weighted by Crippen LogP contribution is -2.17. The standard InChI is InChI=1S/C16H18N4OS/c1-4-20-12(8-9-17-20)15(21)19-16-18-14-11(10(2)3)6-5-7-13(14)22-16/h5-10H,4H2,1-3H3,(H,18,19,21). The minimum absolute atomic E-state index is 0.176. The summed E-state index contributed by atoms with van der Waals surface area (Å²) in [7, 11) is 0. The molecule has 0 atom stereocenters. The topological polar surface area (TPSA) is 59.8 Å². The molecule has 0 unspecified atom stereocenters. The lowest BCUT2D eigenvalue weighted by atomic mass is 10.0. The molecule has 6 heteroatoms. The van der Waals surface area contributed by atoms with Crippen molar-refractivity contribution in [2.75, 3.05) is 5.32 Å². The van der Waals surface area contributed by atoms with Crippen LogP contribution in [0.3, 0.4) is 0 Å². The third kappa shape index (κ3) is 2.62. The van der Waals surface area contributed by atoms with Gasteiger partial charge in [-0.25, -0.2) is 4.98 Å². The van der Waals surface area contributed by atoms with Gasteiger partial charge in [0.15, 0.2) is 5.13 Å². The number of benzene rings is 1. The van der Waals surface area contributed by atoms with Crippen molar-refractivity contribution in [3.05, 3.63) is 41.7 Å². The van der Waals surface area contributed by atoms with Gasteiger partial charge in [-0.15, -0.1) is 0 Å². The molecule has 0 bridgehead atoms. The highest BCUT2D eigenvalue weighted by atomic mass is 32.1. The van der Waals surface area contributed by atoms with Crippen LogP contribution < -0.4 is 5.32 Å². The van der Waals surface area contributed by atoms with Gasteiger partial charge in [-0.3, -0.25) is 14.8 Å². The number of nitrogens with one attached hydrogen (secondary N) is 1. The van der Waals surface area contributed by atoms with Crippen LogP contribution in [0.15, 0.2) is 30.5 Å². The number of amides is 1. The Hall–Kier alpha value is -2.21. The summed E-state index contributed by atoms with van der Waals surface area (Å²) in [5, 5.41) is 7.62. The number of thiazole rings is 1. The highest BCUT2D eigenvalue weighted by molar-refractivity contribution is 7.22. The second-order valence-electron chi connectivity index (χ2n) is 5.35. The van der Waals surface area contributed by atoms with E-state index < -0.39 is 0 Å². The second-order valence-corrected chi connectivity index (χ2v) is 6.38. The molecule has 0 saturated heterocycles. The van der Waals surface area contributed by atoms with Gasteiger partial charge in [-0.1, -0.05) is 37.3 Å². The summed E-state index contributed by atoms with van der Waals surface area (Å²) in [6.45, 7) is 6.90. The maximum atomic E-state index is 12.3. The number of fused-ring (bicyclic) bond motifs is 1. The Morgan fingerprint density at radius 1 is 1.36 bits per heavy atom. The number of para-hydroxylation sites is 1. The first kappa shape index (κ1) is 14.7. The van der Waals surface area contributed by atoms with E-state index in [1.54, 1.807) is 16.9 Å². The van der Waals surface area contributed by atoms with Crippen LogP contribution >= 0.6 is 11.3 Å². The quantitative estimate of drug-likeness (QED) is 0.795. The molecule has 0 aliphatic heterocycles. The van der Waals surface area contributed by atoms with Crippen LogP contribution in [0, 0.1) is 0 Å². The zero-order valence-corrected chi connectivity index (χ0v) is 13.6. The smallest absolute Gasteiger partial charge is 0.275 e. The molecule has 1 aromatic carbocycles. The average Bonchev–Trinajstić information content (AvgIpc) is 3.11. The molecule has 1 N–H and O–H groups in total. The molecule has 114 valence electrons. The summed E-state index contributed by atoms with van der Waals surface area (Å²) >= 11 is 1.50. The molecule has 0 saturated carbocycles. The third-order valence-electron chi connectivity index (χ3n) is 3.54. The summed E-state index contributed by atoms with van der Waals surface area (Å²) < 4.78 is 2.76. The van der Waals surface area contributed by atoms with Gasteiger partial charge < -0.3 is 0 Å². The largest absolute Gasteiger partial charge is 0.296 e. The van der Waals surface area contributed by atoms with Crippen LogP contribution in [-0.4, -0.2) is 20.7 Å². The van der Waals surface area contributed by atoms with Crippen molar-refractivity contribution >= 4 is 32.6 Å². The van der Waals surface area contributed by atoms with Crippen molar-refractivity contribution in [3.63, 3.8) is 0 Å². The van der Waals surface area contributed by atoms with E-state index in [1.807, 2.05) is 19.1 Å². The molecule has 0 aliphatic rings. The second kappa shape index (κ2) is 5.88. The van der Waals surface area contributed by atoms with E-state index in [2.05, 4.69) is 35.3 Å². The molecular formula is C16H18N4OS. The lowest BCUT2D eigenvalue weighted by Gasteiger charge is -2.05. The number of nitrogens with zero attached hydrogens (tertiary/aromatic N) is 3. The molecule has 3 aromatic rings. The summed E-state index contributed by atoms with van der Waals surface area (Å²) in [6, 6.07) is 7.87. The zero-order chi connectivity index (χ0) is 15.7. The van der Waals surface area contributed by atoms with Crippen LogP contribution in [0.5, 0.6) is 0 Å². The van der Waals surface area contributed by atoms with Gasteiger partial charge in [0.25, 0.3) is 5.91 Å². The molecule has 3 rings (SSSR count). The Labute approximate surface area is 133 Å². The van der Waals surface area contributed by atoms with Gasteiger partial charge in [0.1, 0.15) is 5.69 Å². The summed E-state index contributed by atoms with van der Waals surface area (Å²) in [5.41, 5.74) is 2.72. The molecular weight excluding hydrogens is 296 g/mol. The molecule has 0 radical (unpaired) electrons. The number of hydrogen-bond acceptors (Lipinski definition) is 4. The molecule has 0 spiro atoms. The fourth-order valence-corrected chi connectivity index (χ4v) is 3.32. The van der Waals surface area contributed by atoms with Gasteiger partial charge in [-0.2, -0.15) is 5.10 Å². The van der Waals surface area contributed by atoms with Crippen molar-refractivity contribution < 1.29 is 4.79 Å². The van der Waals surface area contributed by atoms with Crippen LogP contribution in [0.4, 0.5) is 5.13 Å². The van der Waals surface area contributed by atoms with Gasteiger partial charge >= 0.3 is 0 Å². The Balaban J connectivity index is 1.91. The first-order chi connectivity index (χ1) is 10.6. The summed E-state index contributed by atoms with van der Waals surface area (Å²) in [5.74, 6) is 0.223. The van der Waals surface area contributed by atoms with Crippen molar-refractivity contribution in [3.8, 4) is 0 Å². The molecule has 22 heavy (non-hydrogen) atoms. The first-order valence-electron chi connectivity index (χ1n) is 7.32. The summed E-state index contributed by atoms with van der Waals surface area (Å²) in [6.07, 6.45) is 1.63. The Kier molecular flexibility index (Phi) is 3.94. The fourth-order valence-electron chi connectivity index (χ4n) is 2.43. The molecule has 0 aliphatic carbocycles. The SMILES string of the molecule is CCn1nccc1C(=O)Nc1nc2c(C(C)C)cccc2s1. The highest BCUT2D eigenvalue weighted by Crippen LogP contribution is 2.31. The van der Waals surface area contributed by atoms with Crippen molar-refractivity contribution in [2.45, 2.75) is 33.2 Å². The van der Waals surface area contributed by atoms with Crippen molar-refractivity contribution in [2.24, 2.45) is 0 Å². The summed E-state index contributed by atoms with van der Waals surface area (Å²) in [4.78, 5) is 16.9. The van der Waals surface area contributed by atoms with Gasteiger partial charge in [0.05, 0.1) is 10.2 Å². The van der Waals surface area contributed by atoms with Crippen molar-refractivity contribution in [1.29, 1.82) is 0 Å². The predicted molar refractivity (Wildman–Crippen MR) is 89.6 cm³/mol. The maximum Gasteiger partial charge on any atom is 0.275 e. The lowest BCUT2D eigenvalue weighted by molar-refractivity contribution is 0.101. The molecule has 0 fully saturated rings. The van der Waals surface area contributed by atoms with Gasteiger partial charge in [0, 0.05) is 12.7 Å². The van der Waals surface area contributed by atoms with E-state index in [4.69, 9.17) is 0 Å². The maximum absolute atomic E-state index is 12.3. The highest BCUT2D eigenvalue weighted by Gasteiger charge is 2.15. The Bertz CT molecular complexity index is 819. The van der Waals surface area contributed by atoms with E-state index in [-0.39, 0.29) is 5.91 Å². The van der Waals surface area contributed by atoms with Crippen LogP contribution in [0.1, 0.15) is 42.7 Å². The predicted octanol–water partition coefficient (Wildman–Crippen LogP) is 3.89. The van der Waals surface area contributed by atoms with Gasteiger partial charge in [-0.05, 0) is 30.5 Å². The number of aromatic nitrogens is 3. The number of aryl methyl sites for hydroxylation is 1. The van der Waals surface area contributed by atoms with Crippen LogP contribution in [0.2, 0.25) is 0 Å². The first-order valence-corrected chi connectivity index (χ1v) is 8.14. The third-order valence-corrected chi connectivity index (χ3v) is 4.48. The zero-order valence-electron chi connectivity index (χ0n) is 12.8. The number of rotatable bonds is 4. The van der Waals surface area contributed by atoms with E-state index in [0.717, 1.165) is 10.2 Å². The Morgan fingerprint density at radius 2 is 2.18 bits per heavy atom. The number of anilines is 1. The fraction of sp³-hybridized carbons (Fsp3) is 0.312. The molecule has 2 aromatic heterocycles. The average molecular weight is 314 g/mol. The minimum atomic E-state index is -0.176.